The van der Waals surface area contributed by atoms with Gasteiger partial charge in [-0.1, -0.05) is 6.07 Å². The number of carbonyl (C=O) groups excluding carboxylic acids is 1. The predicted molar refractivity (Wildman–Crippen MR) is 77.0 cm³/mol. The Morgan fingerprint density at radius 2 is 2.24 bits per heavy atom. The van der Waals surface area contributed by atoms with Crippen molar-refractivity contribution in [2.24, 2.45) is 0 Å². The van der Waals surface area contributed by atoms with Crippen LogP contribution in [-0.2, 0) is 6.42 Å². The minimum absolute atomic E-state index is 0.0947. The number of hydrogen-bond donors (Lipinski definition) is 0. The molecular formula is C12H12BrNOS2. The summed E-state index contributed by atoms with van der Waals surface area (Å²) >= 11 is 6.58. The van der Waals surface area contributed by atoms with Crippen LogP contribution in [0.1, 0.15) is 14.5 Å². The van der Waals surface area contributed by atoms with Crippen molar-refractivity contribution in [3.63, 3.8) is 0 Å². The van der Waals surface area contributed by atoms with Crippen molar-refractivity contribution in [2.75, 3.05) is 13.6 Å². The number of nitrogens with zero attached hydrogens (tertiary/aromatic N) is 1. The molecule has 0 spiro atoms. The van der Waals surface area contributed by atoms with Crippen molar-refractivity contribution in [1.29, 1.82) is 0 Å². The van der Waals surface area contributed by atoms with Gasteiger partial charge in [-0.05, 0) is 45.9 Å². The van der Waals surface area contributed by atoms with E-state index in [1.165, 1.54) is 16.2 Å². The van der Waals surface area contributed by atoms with Gasteiger partial charge in [0, 0.05) is 18.5 Å². The Bertz CT molecular complexity index is 492. The molecule has 0 unspecified atom stereocenters. The van der Waals surface area contributed by atoms with Crippen LogP contribution in [0.15, 0.2) is 33.4 Å². The summed E-state index contributed by atoms with van der Waals surface area (Å²) in [7, 11) is 1.85. The van der Waals surface area contributed by atoms with E-state index < -0.39 is 0 Å². The topological polar surface area (TPSA) is 20.3 Å². The third kappa shape index (κ3) is 3.40. The molecule has 2 nitrogen and oxygen atoms in total. The molecule has 5 heteroatoms. The monoisotopic (exact) mass is 329 g/mol. The first-order chi connectivity index (χ1) is 8.16. The van der Waals surface area contributed by atoms with Gasteiger partial charge in [0.15, 0.2) is 0 Å². The molecule has 0 saturated carbocycles. The highest BCUT2D eigenvalue weighted by atomic mass is 79.9. The largest absolute Gasteiger partial charge is 0.341 e. The van der Waals surface area contributed by atoms with E-state index >= 15 is 0 Å². The average Bonchev–Trinajstić information content (AvgIpc) is 2.95. The Labute approximate surface area is 117 Å². The molecule has 0 atom stereocenters. The average molecular weight is 330 g/mol. The Morgan fingerprint density at radius 3 is 2.82 bits per heavy atom. The molecule has 0 saturated heterocycles. The first kappa shape index (κ1) is 12.8. The molecule has 0 N–H and O–H groups in total. The second-order valence-corrected chi connectivity index (χ2v) is 7.16. The fourth-order valence-corrected chi connectivity index (χ4v) is 3.53. The molecular weight excluding hydrogens is 318 g/mol. The summed E-state index contributed by atoms with van der Waals surface area (Å²) in [5, 5.41) is 2.06. The number of carbonyl (C=O) groups is 1. The van der Waals surface area contributed by atoms with Crippen LogP contribution in [0.25, 0.3) is 0 Å². The zero-order valence-electron chi connectivity index (χ0n) is 9.35. The summed E-state index contributed by atoms with van der Waals surface area (Å²) in [6.07, 6.45) is 0.923. The lowest BCUT2D eigenvalue weighted by molar-refractivity contribution is 0.0801. The molecule has 17 heavy (non-hydrogen) atoms. The molecule has 2 rings (SSSR count). The lowest BCUT2D eigenvalue weighted by Crippen LogP contribution is -2.27. The summed E-state index contributed by atoms with van der Waals surface area (Å²) in [4.78, 5) is 15.9. The van der Waals surface area contributed by atoms with Crippen LogP contribution < -0.4 is 0 Å². The Kier molecular flexibility index (Phi) is 4.36. The number of thiophene rings is 2. The highest BCUT2D eigenvalue weighted by Gasteiger charge is 2.13. The maximum atomic E-state index is 12.0. The van der Waals surface area contributed by atoms with Gasteiger partial charge in [-0.2, -0.15) is 0 Å². The molecule has 0 aliphatic heterocycles. The maximum Gasteiger partial charge on any atom is 0.263 e. The quantitative estimate of drug-likeness (QED) is 0.833. The van der Waals surface area contributed by atoms with Gasteiger partial charge < -0.3 is 4.90 Å². The fourth-order valence-electron chi connectivity index (χ4n) is 1.45. The standard InChI is InChI=1S/C12H12BrNOS2/c1-14(7-6-9-3-2-8-16-9)12(15)10-4-5-11(13)17-10/h2-5,8H,6-7H2,1H3. The Hall–Kier alpha value is -0.650. The highest BCUT2D eigenvalue weighted by molar-refractivity contribution is 9.11. The van der Waals surface area contributed by atoms with Crippen LogP contribution in [-0.4, -0.2) is 24.4 Å². The van der Waals surface area contributed by atoms with E-state index in [0.717, 1.165) is 21.6 Å². The zero-order valence-corrected chi connectivity index (χ0v) is 12.6. The molecule has 0 aromatic carbocycles. The van der Waals surface area contributed by atoms with Crippen LogP contribution in [0.5, 0.6) is 0 Å². The minimum Gasteiger partial charge on any atom is -0.341 e. The van der Waals surface area contributed by atoms with Crippen LogP contribution in [0.4, 0.5) is 0 Å². The van der Waals surface area contributed by atoms with Crippen LogP contribution in [0, 0.1) is 0 Å². The lowest BCUT2D eigenvalue weighted by atomic mass is 10.3. The number of likely N-dealkylation sites (N-methyl/N-ethyl adjacent to an activating group) is 1. The maximum absolute atomic E-state index is 12.0. The van der Waals surface area contributed by atoms with Crippen molar-refractivity contribution < 1.29 is 4.79 Å². The van der Waals surface area contributed by atoms with Crippen molar-refractivity contribution in [2.45, 2.75) is 6.42 Å². The van der Waals surface area contributed by atoms with E-state index in [0.29, 0.717) is 0 Å². The molecule has 1 amide bonds. The predicted octanol–water partition coefficient (Wildman–Crippen LogP) is 3.89. The van der Waals surface area contributed by atoms with E-state index in [1.54, 1.807) is 16.2 Å². The smallest absolute Gasteiger partial charge is 0.263 e. The van der Waals surface area contributed by atoms with Crippen LogP contribution >= 0.6 is 38.6 Å². The van der Waals surface area contributed by atoms with Crippen molar-refractivity contribution in [3.8, 4) is 0 Å². The summed E-state index contributed by atoms with van der Waals surface area (Å²) < 4.78 is 0.993. The molecule has 0 aliphatic carbocycles. The second-order valence-electron chi connectivity index (χ2n) is 3.66. The molecule has 2 heterocycles. The first-order valence-corrected chi connectivity index (χ1v) is 7.69. The van der Waals surface area contributed by atoms with Crippen LogP contribution in [0.2, 0.25) is 0 Å². The van der Waals surface area contributed by atoms with Crippen molar-refractivity contribution in [3.05, 3.63) is 43.2 Å². The highest BCUT2D eigenvalue weighted by Crippen LogP contribution is 2.23. The van der Waals surface area contributed by atoms with E-state index in [-0.39, 0.29) is 5.91 Å². The number of rotatable bonds is 4. The van der Waals surface area contributed by atoms with E-state index in [1.807, 2.05) is 25.2 Å². The second kappa shape index (κ2) is 5.80. The third-order valence-electron chi connectivity index (χ3n) is 2.40. The van der Waals surface area contributed by atoms with E-state index in [2.05, 4.69) is 27.4 Å². The van der Waals surface area contributed by atoms with Crippen molar-refractivity contribution >= 4 is 44.5 Å². The molecule has 0 fully saturated rings. The molecule has 2 aromatic heterocycles. The van der Waals surface area contributed by atoms with Gasteiger partial charge >= 0.3 is 0 Å². The van der Waals surface area contributed by atoms with Gasteiger partial charge in [0.05, 0.1) is 8.66 Å². The van der Waals surface area contributed by atoms with Crippen molar-refractivity contribution in [1.82, 2.24) is 4.90 Å². The lowest BCUT2D eigenvalue weighted by Gasteiger charge is -2.15. The minimum atomic E-state index is 0.0947. The van der Waals surface area contributed by atoms with Gasteiger partial charge in [0.1, 0.15) is 0 Å². The van der Waals surface area contributed by atoms with E-state index in [4.69, 9.17) is 0 Å². The molecule has 2 aromatic rings. The number of amides is 1. The van der Waals surface area contributed by atoms with Gasteiger partial charge in [-0.25, -0.2) is 0 Å². The summed E-state index contributed by atoms with van der Waals surface area (Å²) in [6.45, 7) is 0.759. The SMILES string of the molecule is CN(CCc1cccs1)C(=O)c1ccc(Br)s1. The van der Waals surface area contributed by atoms with Gasteiger partial charge in [0.2, 0.25) is 0 Å². The van der Waals surface area contributed by atoms with Gasteiger partial charge in [-0.3, -0.25) is 4.79 Å². The van der Waals surface area contributed by atoms with Gasteiger partial charge in [-0.15, -0.1) is 22.7 Å². The summed E-state index contributed by atoms with van der Waals surface area (Å²) in [6, 6.07) is 7.91. The molecule has 0 bridgehead atoms. The zero-order chi connectivity index (χ0) is 12.3. The molecule has 90 valence electrons. The number of halogens is 1. The summed E-state index contributed by atoms with van der Waals surface area (Å²) in [5.41, 5.74) is 0. The van der Waals surface area contributed by atoms with Crippen LogP contribution in [0.3, 0.4) is 0 Å². The molecule has 0 aliphatic rings. The normalized spacial score (nSPS) is 10.5. The number of hydrogen-bond acceptors (Lipinski definition) is 3. The third-order valence-corrected chi connectivity index (χ3v) is 4.95. The summed E-state index contributed by atoms with van der Waals surface area (Å²) in [5.74, 6) is 0.0947. The fraction of sp³-hybridized carbons (Fsp3) is 0.250. The Morgan fingerprint density at radius 1 is 1.41 bits per heavy atom. The Balaban J connectivity index is 1.91. The molecule has 0 radical (unpaired) electrons. The first-order valence-electron chi connectivity index (χ1n) is 5.20. The van der Waals surface area contributed by atoms with Gasteiger partial charge in [0.25, 0.3) is 5.91 Å². The van der Waals surface area contributed by atoms with E-state index in [9.17, 15) is 4.79 Å².